The molecule has 0 N–H and O–H groups in total. The molecule has 8 heteroatoms. The van der Waals surface area contributed by atoms with Gasteiger partial charge in [0.25, 0.3) is 17.7 Å². The lowest BCUT2D eigenvalue weighted by atomic mass is 9.81. The third-order valence-electron chi connectivity index (χ3n) is 6.80. The number of hydrazine groups is 1. The van der Waals surface area contributed by atoms with Crippen LogP contribution in [0.5, 0.6) is 0 Å². The molecule has 5 nitrogen and oxygen atoms in total. The maximum absolute atomic E-state index is 13.5. The van der Waals surface area contributed by atoms with Crippen LogP contribution in [0.1, 0.15) is 35.2 Å². The van der Waals surface area contributed by atoms with Crippen molar-refractivity contribution in [3.63, 3.8) is 0 Å². The molecule has 3 amide bonds. The second-order valence-corrected chi connectivity index (χ2v) is 9.69. The number of fused-ring (bicyclic) bond motifs is 5. The van der Waals surface area contributed by atoms with E-state index in [1.807, 2.05) is 0 Å². The number of carbonyl (C=O) groups is 3. The van der Waals surface area contributed by atoms with Crippen molar-refractivity contribution in [2.75, 3.05) is 0 Å². The zero-order valence-electron chi connectivity index (χ0n) is 16.4. The van der Waals surface area contributed by atoms with Crippen molar-refractivity contribution in [1.29, 1.82) is 0 Å². The van der Waals surface area contributed by atoms with Crippen LogP contribution < -0.4 is 0 Å². The Morgan fingerprint density at radius 1 is 0.903 bits per heavy atom. The van der Waals surface area contributed by atoms with Gasteiger partial charge in [-0.25, -0.2) is 5.01 Å². The lowest BCUT2D eigenvalue weighted by Crippen LogP contribution is -2.50. The summed E-state index contributed by atoms with van der Waals surface area (Å²) in [5.74, 6) is -1.31. The molecule has 0 unspecified atom stereocenters. The summed E-state index contributed by atoms with van der Waals surface area (Å²) >= 11 is 18.5. The number of hydrogen-bond acceptors (Lipinski definition) is 3. The molecule has 2 aliphatic carbocycles. The van der Waals surface area contributed by atoms with E-state index in [9.17, 15) is 14.4 Å². The van der Waals surface area contributed by atoms with Crippen molar-refractivity contribution in [1.82, 2.24) is 10.0 Å². The molecule has 31 heavy (non-hydrogen) atoms. The van der Waals surface area contributed by atoms with Crippen molar-refractivity contribution in [2.24, 2.45) is 23.7 Å². The maximum Gasteiger partial charge on any atom is 0.274 e. The quantitative estimate of drug-likeness (QED) is 0.566. The minimum absolute atomic E-state index is 0.00675. The fraction of sp³-hybridized carbons (Fsp3) is 0.348. The number of imide groups is 1. The fourth-order valence-electron chi connectivity index (χ4n) is 5.45. The smallest absolute Gasteiger partial charge is 0.272 e. The number of carbonyl (C=O) groups excluding carboxylic acids is 3. The van der Waals surface area contributed by atoms with Crippen molar-refractivity contribution in [3.8, 4) is 0 Å². The second-order valence-electron chi connectivity index (χ2n) is 8.46. The zero-order chi connectivity index (χ0) is 21.9. The van der Waals surface area contributed by atoms with Crippen LogP contribution in [-0.2, 0) is 16.1 Å². The minimum Gasteiger partial charge on any atom is -0.272 e. The summed E-state index contributed by atoms with van der Waals surface area (Å²) in [6, 6.07) is 11.6. The lowest BCUT2D eigenvalue weighted by molar-refractivity contribution is -0.156. The summed E-state index contributed by atoms with van der Waals surface area (Å²) in [5.41, 5.74) is 0.875. The van der Waals surface area contributed by atoms with E-state index in [-0.39, 0.29) is 52.6 Å². The van der Waals surface area contributed by atoms with Crippen LogP contribution in [0, 0.1) is 23.7 Å². The molecule has 0 spiro atoms. The van der Waals surface area contributed by atoms with Crippen molar-refractivity contribution >= 4 is 52.5 Å². The van der Waals surface area contributed by atoms with Crippen LogP contribution in [-0.4, -0.2) is 27.7 Å². The van der Waals surface area contributed by atoms with Crippen molar-refractivity contribution < 1.29 is 14.4 Å². The molecular weight excluding hydrogens is 459 g/mol. The lowest BCUT2D eigenvalue weighted by Gasteiger charge is -2.31. The summed E-state index contributed by atoms with van der Waals surface area (Å²) in [5, 5.41) is 3.25. The molecule has 2 bridgehead atoms. The van der Waals surface area contributed by atoms with Gasteiger partial charge in [0.2, 0.25) is 0 Å². The largest absolute Gasteiger partial charge is 0.274 e. The van der Waals surface area contributed by atoms with Gasteiger partial charge in [0.15, 0.2) is 0 Å². The molecule has 0 radical (unpaired) electrons. The number of hydrogen-bond donors (Lipinski definition) is 0. The first-order valence-corrected chi connectivity index (χ1v) is 11.4. The van der Waals surface area contributed by atoms with Gasteiger partial charge in [0.1, 0.15) is 0 Å². The first-order chi connectivity index (χ1) is 14.9. The molecule has 2 aromatic carbocycles. The van der Waals surface area contributed by atoms with Crippen LogP contribution in [0.3, 0.4) is 0 Å². The van der Waals surface area contributed by atoms with Gasteiger partial charge < -0.3 is 0 Å². The van der Waals surface area contributed by atoms with Gasteiger partial charge in [-0.15, -0.1) is 0 Å². The van der Waals surface area contributed by atoms with Crippen molar-refractivity contribution in [3.05, 3.63) is 68.7 Å². The van der Waals surface area contributed by atoms with Crippen LogP contribution in [0.25, 0.3) is 0 Å². The number of benzene rings is 2. The Kier molecular flexibility index (Phi) is 5.24. The molecule has 3 fully saturated rings. The van der Waals surface area contributed by atoms with E-state index >= 15 is 0 Å². The Bertz CT molecular complexity index is 1080. The average molecular weight is 478 g/mol. The minimum atomic E-state index is -0.509. The highest BCUT2D eigenvalue weighted by atomic mass is 35.5. The third kappa shape index (κ3) is 3.34. The van der Waals surface area contributed by atoms with E-state index in [0.29, 0.717) is 15.6 Å². The summed E-state index contributed by atoms with van der Waals surface area (Å²) in [6.07, 6.45) is 2.85. The van der Waals surface area contributed by atoms with Crippen LogP contribution in [0.15, 0.2) is 42.5 Å². The number of nitrogens with zero attached hydrogens (tertiary/aromatic N) is 2. The highest BCUT2D eigenvalue weighted by Gasteiger charge is 2.62. The van der Waals surface area contributed by atoms with Crippen LogP contribution >= 0.6 is 34.8 Å². The van der Waals surface area contributed by atoms with Gasteiger partial charge in [0, 0.05) is 0 Å². The third-order valence-corrected chi connectivity index (χ3v) is 7.87. The fourth-order valence-corrected chi connectivity index (χ4v) is 5.99. The Morgan fingerprint density at radius 2 is 1.55 bits per heavy atom. The Hall–Kier alpha value is -2.08. The molecule has 1 heterocycles. The van der Waals surface area contributed by atoms with Gasteiger partial charge >= 0.3 is 0 Å². The molecule has 5 rings (SSSR count). The first-order valence-electron chi connectivity index (χ1n) is 10.2. The topological polar surface area (TPSA) is 57.7 Å². The summed E-state index contributed by atoms with van der Waals surface area (Å²) in [7, 11) is 0. The van der Waals surface area contributed by atoms with Crippen LogP contribution in [0.4, 0.5) is 0 Å². The van der Waals surface area contributed by atoms with Gasteiger partial charge in [-0.05, 0) is 60.9 Å². The van der Waals surface area contributed by atoms with Gasteiger partial charge in [-0.2, -0.15) is 5.01 Å². The SMILES string of the molecule is O=C(c1ccccc1Cl)N(Cc1ccc(Cl)c(Cl)c1)N1C(=O)[C@H]2[C@@H]3CC[C@@H](C3)[C@@H]2C1=O. The summed E-state index contributed by atoms with van der Waals surface area (Å²) in [6.45, 7) is -0.00675. The van der Waals surface area contributed by atoms with Gasteiger partial charge in [-0.3, -0.25) is 14.4 Å². The highest BCUT2D eigenvalue weighted by molar-refractivity contribution is 6.42. The van der Waals surface area contributed by atoms with E-state index in [4.69, 9.17) is 34.8 Å². The molecule has 3 aliphatic rings. The molecule has 1 saturated heterocycles. The van der Waals surface area contributed by atoms with E-state index in [1.54, 1.807) is 42.5 Å². The monoisotopic (exact) mass is 476 g/mol. The summed E-state index contributed by atoms with van der Waals surface area (Å²) in [4.78, 5) is 40.3. The molecule has 2 aromatic rings. The standard InChI is InChI=1S/C23H19Cl3N2O3/c24-16-4-2-1-3-15(16)21(29)27(11-12-5-8-17(25)18(26)9-12)28-22(30)19-13-6-7-14(10-13)20(19)23(28)31/h1-5,8-9,13-14,19-20H,6-7,10-11H2/t13-,14+,19-,20-/m0/s1. The maximum atomic E-state index is 13.5. The normalized spacial score (nSPS) is 26.5. The predicted molar refractivity (Wildman–Crippen MR) is 117 cm³/mol. The second kappa shape index (κ2) is 7.80. The Labute approximate surface area is 194 Å². The van der Waals surface area contributed by atoms with Gasteiger partial charge in [0.05, 0.1) is 39.0 Å². The van der Waals surface area contributed by atoms with E-state index in [1.165, 1.54) is 5.01 Å². The molecular formula is C23H19Cl3N2O3. The van der Waals surface area contributed by atoms with E-state index in [0.717, 1.165) is 24.3 Å². The van der Waals surface area contributed by atoms with Crippen molar-refractivity contribution in [2.45, 2.75) is 25.8 Å². The molecule has 0 aromatic heterocycles. The Morgan fingerprint density at radius 3 is 2.16 bits per heavy atom. The summed E-state index contributed by atoms with van der Waals surface area (Å²) < 4.78 is 0. The molecule has 160 valence electrons. The van der Waals surface area contributed by atoms with Crippen LogP contribution in [0.2, 0.25) is 15.1 Å². The average Bonchev–Trinajstić information content (AvgIpc) is 3.43. The molecule has 4 atom stereocenters. The zero-order valence-corrected chi connectivity index (χ0v) is 18.7. The Balaban J connectivity index is 1.54. The molecule has 2 saturated carbocycles. The number of rotatable bonds is 4. The first kappa shape index (κ1) is 20.8. The number of halogens is 3. The molecule has 1 aliphatic heterocycles. The van der Waals surface area contributed by atoms with E-state index in [2.05, 4.69) is 0 Å². The highest BCUT2D eigenvalue weighted by Crippen LogP contribution is 2.56. The number of amides is 3. The van der Waals surface area contributed by atoms with Gasteiger partial charge in [-0.1, -0.05) is 53.0 Å². The predicted octanol–water partition coefficient (Wildman–Crippen LogP) is 5.24. The van der Waals surface area contributed by atoms with E-state index < -0.39 is 5.91 Å².